The Balaban J connectivity index is 2.23. The second kappa shape index (κ2) is 7.70. The molecule has 1 rings (SSSR count). The van der Waals surface area contributed by atoms with Crippen LogP contribution in [0.25, 0.3) is 0 Å². The van der Waals surface area contributed by atoms with Gasteiger partial charge >= 0.3 is 5.97 Å². The van der Waals surface area contributed by atoms with Crippen molar-refractivity contribution in [2.24, 2.45) is 0 Å². The molecule has 0 saturated carbocycles. The average Bonchev–Trinajstić information content (AvgIpc) is 2.31. The lowest BCUT2D eigenvalue weighted by atomic mass is 10.4. The summed E-state index contributed by atoms with van der Waals surface area (Å²) in [5, 5.41) is 0. The molecule has 100 valence electrons. The zero-order valence-electron chi connectivity index (χ0n) is 10.3. The number of carbonyl (C=O) groups is 1. The lowest BCUT2D eigenvalue weighted by Gasteiger charge is -2.03. The molecule has 18 heavy (non-hydrogen) atoms. The van der Waals surface area contributed by atoms with Crippen LogP contribution in [0, 0.1) is 0 Å². The first-order valence-electron chi connectivity index (χ1n) is 5.61. The van der Waals surface area contributed by atoms with E-state index in [1.807, 2.05) is 6.92 Å². The van der Waals surface area contributed by atoms with Crippen LogP contribution in [0.15, 0.2) is 0 Å². The van der Waals surface area contributed by atoms with Crippen LogP contribution in [0.5, 0.6) is 0 Å². The van der Waals surface area contributed by atoms with E-state index in [1.165, 1.54) is 11.8 Å². The van der Waals surface area contributed by atoms with Gasteiger partial charge in [0.25, 0.3) is 0 Å². The molecule has 0 bridgehead atoms. The van der Waals surface area contributed by atoms with E-state index in [9.17, 15) is 4.79 Å². The Morgan fingerprint density at radius 3 is 2.56 bits per heavy atom. The lowest BCUT2D eigenvalue weighted by Crippen LogP contribution is -2.10. The van der Waals surface area contributed by atoms with Crippen molar-refractivity contribution in [3.8, 4) is 0 Å². The molecule has 0 aliphatic heterocycles. The van der Waals surface area contributed by atoms with E-state index < -0.39 is 0 Å². The van der Waals surface area contributed by atoms with Gasteiger partial charge in [-0.15, -0.1) is 11.8 Å². The third-order valence-corrected chi connectivity index (χ3v) is 2.81. The van der Waals surface area contributed by atoms with Gasteiger partial charge in [-0.2, -0.15) is 15.0 Å². The molecule has 0 aliphatic carbocycles. The topological polar surface area (TPSA) is 117 Å². The maximum absolute atomic E-state index is 11.2. The van der Waals surface area contributed by atoms with Crippen molar-refractivity contribution < 1.29 is 9.53 Å². The van der Waals surface area contributed by atoms with Gasteiger partial charge in [0.1, 0.15) is 5.82 Å². The largest absolute Gasteiger partial charge is 0.465 e. The number of hydrogen-bond acceptors (Lipinski definition) is 8. The zero-order valence-corrected chi connectivity index (χ0v) is 11.1. The molecule has 0 saturated heterocycles. The summed E-state index contributed by atoms with van der Waals surface area (Å²) in [6.07, 6.45) is 1.42. The Morgan fingerprint density at radius 2 is 1.94 bits per heavy atom. The van der Waals surface area contributed by atoms with Gasteiger partial charge in [-0.05, 0) is 6.42 Å². The molecular weight excluding hydrogens is 254 g/mol. The van der Waals surface area contributed by atoms with Gasteiger partial charge in [0.15, 0.2) is 0 Å². The monoisotopic (exact) mass is 271 g/mol. The van der Waals surface area contributed by atoms with E-state index in [-0.39, 0.29) is 17.9 Å². The second-order valence-corrected chi connectivity index (χ2v) is 4.60. The summed E-state index contributed by atoms with van der Waals surface area (Å²) < 4.78 is 4.94. The zero-order chi connectivity index (χ0) is 13.4. The first-order chi connectivity index (χ1) is 8.61. The molecule has 0 spiro atoms. The van der Waals surface area contributed by atoms with Gasteiger partial charge in [0.05, 0.1) is 12.4 Å². The molecule has 1 aromatic heterocycles. The van der Waals surface area contributed by atoms with E-state index in [1.54, 1.807) is 0 Å². The molecular formula is C10H17N5O2S. The highest BCUT2D eigenvalue weighted by Crippen LogP contribution is 2.06. The third-order valence-electron chi connectivity index (χ3n) is 1.87. The van der Waals surface area contributed by atoms with Crippen LogP contribution in [0.1, 0.15) is 19.2 Å². The van der Waals surface area contributed by atoms with Crippen molar-refractivity contribution in [2.45, 2.75) is 19.8 Å². The number of nitrogens with zero attached hydrogens (tertiary/aromatic N) is 3. The minimum Gasteiger partial charge on any atom is -0.465 e. The first-order valence-corrected chi connectivity index (χ1v) is 6.76. The summed E-state index contributed by atoms with van der Waals surface area (Å²) >= 11 is 1.46. The number of rotatable bonds is 7. The van der Waals surface area contributed by atoms with Crippen LogP contribution in [-0.4, -0.2) is 39.0 Å². The number of aryl methyl sites for hydroxylation is 1. The Labute approximate surface area is 110 Å². The molecule has 0 amide bonds. The Morgan fingerprint density at radius 1 is 1.28 bits per heavy atom. The van der Waals surface area contributed by atoms with Gasteiger partial charge in [-0.1, -0.05) is 6.92 Å². The quantitative estimate of drug-likeness (QED) is 0.536. The van der Waals surface area contributed by atoms with E-state index in [0.717, 1.165) is 6.42 Å². The smallest absolute Gasteiger partial charge is 0.315 e. The molecule has 0 radical (unpaired) electrons. The Kier molecular flexibility index (Phi) is 6.20. The number of nitrogens with two attached hydrogens (primary N) is 2. The lowest BCUT2D eigenvalue weighted by molar-refractivity contribution is -0.140. The van der Waals surface area contributed by atoms with Gasteiger partial charge in [0.2, 0.25) is 11.9 Å². The van der Waals surface area contributed by atoms with Gasteiger partial charge < -0.3 is 16.2 Å². The average molecular weight is 271 g/mol. The van der Waals surface area contributed by atoms with Crippen LogP contribution >= 0.6 is 11.8 Å². The minimum atomic E-state index is -0.198. The van der Waals surface area contributed by atoms with Crippen molar-refractivity contribution in [3.63, 3.8) is 0 Å². The van der Waals surface area contributed by atoms with E-state index >= 15 is 0 Å². The summed E-state index contributed by atoms with van der Waals surface area (Å²) in [7, 11) is 0. The van der Waals surface area contributed by atoms with Crippen molar-refractivity contribution in [2.75, 3.05) is 29.6 Å². The van der Waals surface area contributed by atoms with Crippen LogP contribution in [0.3, 0.4) is 0 Å². The van der Waals surface area contributed by atoms with Crippen LogP contribution < -0.4 is 11.5 Å². The predicted molar refractivity (Wildman–Crippen MR) is 70.9 cm³/mol. The predicted octanol–water partition coefficient (Wildman–Crippen LogP) is 0.265. The fourth-order valence-electron chi connectivity index (χ4n) is 1.15. The first kappa shape index (κ1) is 14.5. The highest BCUT2D eigenvalue weighted by atomic mass is 32.2. The van der Waals surface area contributed by atoms with Crippen molar-refractivity contribution in [1.29, 1.82) is 0 Å². The number of carbonyl (C=O) groups excluding carboxylic acids is 1. The Hall–Kier alpha value is -1.57. The summed E-state index contributed by atoms with van der Waals surface area (Å²) in [6.45, 7) is 2.43. The molecule has 8 heteroatoms. The minimum absolute atomic E-state index is 0.116. The molecule has 1 aromatic rings. The number of esters is 1. The summed E-state index contributed by atoms with van der Waals surface area (Å²) in [5.74, 6) is 1.60. The standard InChI is InChI=1S/C10H17N5O2S/c1-2-4-17-8(16)6-18-5-3-7-13-9(11)15-10(12)14-7/h2-6H2,1H3,(H4,11,12,13,14,15). The summed E-state index contributed by atoms with van der Waals surface area (Å²) in [5.41, 5.74) is 10.9. The van der Waals surface area contributed by atoms with Crippen molar-refractivity contribution >= 4 is 29.6 Å². The number of hydrogen-bond donors (Lipinski definition) is 2. The third kappa shape index (κ3) is 5.67. The fraction of sp³-hybridized carbons (Fsp3) is 0.600. The van der Waals surface area contributed by atoms with Gasteiger partial charge in [-0.25, -0.2) is 0 Å². The molecule has 0 atom stereocenters. The fourth-order valence-corrected chi connectivity index (χ4v) is 1.87. The maximum Gasteiger partial charge on any atom is 0.315 e. The SMILES string of the molecule is CCCOC(=O)CSCCc1nc(N)nc(N)n1. The molecule has 7 nitrogen and oxygen atoms in total. The van der Waals surface area contributed by atoms with Crippen LogP contribution in [0.4, 0.5) is 11.9 Å². The summed E-state index contributed by atoms with van der Waals surface area (Å²) in [4.78, 5) is 22.8. The number of aromatic nitrogens is 3. The highest BCUT2D eigenvalue weighted by molar-refractivity contribution is 7.99. The van der Waals surface area contributed by atoms with E-state index in [0.29, 0.717) is 30.4 Å². The molecule has 4 N–H and O–H groups in total. The van der Waals surface area contributed by atoms with Crippen LogP contribution in [-0.2, 0) is 16.0 Å². The Bertz CT molecular complexity index is 382. The molecule has 0 unspecified atom stereocenters. The van der Waals surface area contributed by atoms with E-state index in [2.05, 4.69) is 15.0 Å². The highest BCUT2D eigenvalue weighted by Gasteiger charge is 2.05. The van der Waals surface area contributed by atoms with Crippen molar-refractivity contribution in [3.05, 3.63) is 5.82 Å². The van der Waals surface area contributed by atoms with Gasteiger partial charge in [-0.3, -0.25) is 4.79 Å². The number of nitrogen functional groups attached to an aromatic ring is 2. The second-order valence-electron chi connectivity index (χ2n) is 3.49. The maximum atomic E-state index is 11.2. The summed E-state index contributed by atoms with van der Waals surface area (Å²) in [6, 6.07) is 0. The molecule has 1 heterocycles. The van der Waals surface area contributed by atoms with Crippen LogP contribution in [0.2, 0.25) is 0 Å². The van der Waals surface area contributed by atoms with Gasteiger partial charge in [0, 0.05) is 12.2 Å². The number of ether oxygens (including phenoxy) is 1. The van der Waals surface area contributed by atoms with Crippen molar-refractivity contribution in [1.82, 2.24) is 15.0 Å². The molecule has 0 aromatic carbocycles. The number of anilines is 2. The van der Waals surface area contributed by atoms with E-state index in [4.69, 9.17) is 16.2 Å². The normalized spacial score (nSPS) is 10.3. The molecule has 0 aliphatic rings. The number of thioether (sulfide) groups is 1. The molecule has 0 fully saturated rings.